The summed E-state index contributed by atoms with van der Waals surface area (Å²) in [7, 11) is 0. The number of hydrogen-bond acceptors (Lipinski definition) is 5. The molecule has 0 unspecified atom stereocenters. The second-order valence-corrected chi connectivity index (χ2v) is 9.55. The van der Waals surface area contributed by atoms with Crippen LogP contribution in [0, 0.1) is 5.92 Å². The number of nitrogens with zero attached hydrogens (tertiary/aromatic N) is 1. The fourth-order valence-electron chi connectivity index (χ4n) is 4.28. The first-order valence-electron chi connectivity index (χ1n) is 9.53. The van der Waals surface area contributed by atoms with Crippen LogP contribution in [-0.4, -0.2) is 48.7 Å². The van der Waals surface area contributed by atoms with Gasteiger partial charge in [0.2, 0.25) is 5.78 Å². The monoisotopic (exact) mass is 464 g/mol. The van der Waals surface area contributed by atoms with Crippen molar-refractivity contribution in [2.75, 3.05) is 26.2 Å². The van der Waals surface area contributed by atoms with E-state index >= 15 is 0 Å². The summed E-state index contributed by atoms with van der Waals surface area (Å²) in [6, 6.07) is 11.4. The van der Waals surface area contributed by atoms with Gasteiger partial charge in [-0.15, -0.1) is 11.3 Å². The summed E-state index contributed by atoms with van der Waals surface area (Å²) in [6.07, 6.45) is 1.19. The number of Topliss-reactive ketones (excluding diaryl/α,β-unsaturated/α-hetero) is 1. The molecule has 2 aromatic rings. The maximum atomic E-state index is 12.6. The van der Waals surface area contributed by atoms with E-state index in [2.05, 4.69) is 15.9 Å². The van der Waals surface area contributed by atoms with Crippen LogP contribution in [0.1, 0.15) is 28.1 Å². The Morgan fingerprint density at radius 2 is 1.89 bits per heavy atom. The van der Waals surface area contributed by atoms with Crippen LogP contribution < -0.4 is 0 Å². The van der Waals surface area contributed by atoms with Crippen LogP contribution in [0.15, 0.2) is 46.3 Å². The Labute approximate surface area is 177 Å². The van der Waals surface area contributed by atoms with Crippen molar-refractivity contribution in [2.45, 2.75) is 25.6 Å². The minimum absolute atomic E-state index is 0.170. The van der Waals surface area contributed by atoms with Crippen molar-refractivity contribution >= 4 is 39.2 Å². The molecule has 148 valence electrons. The highest BCUT2D eigenvalue weighted by atomic mass is 79.9. The maximum Gasteiger partial charge on any atom is 0.509 e. The third-order valence-electron chi connectivity index (χ3n) is 5.83. The predicted molar refractivity (Wildman–Crippen MR) is 110 cm³/mol. The van der Waals surface area contributed by atoms with Crippen molar-refractivity contribution in [2.24, 2.45) is 5.92 Å². The van der Waals surface area contributed by atoms with Gasteiger partial charge < -0.3 is 14.0 Å². The molecule has 1 aromatic carbocycles. The third-order valence-corrected chi connectivity index (χ3v) is 7.27. The molecule has 5 nitrogen and oxygen atoms in total. The first-order chi connectivity index (χ1) is 13.5. The number of fused-ring (bicyclic) bond motifs is 3. The van der Waals surface area contributed by atoms with Crippen molar-refractivity contribution < 1.29 is 23.5 Å². The summed E-state index contributed by atoms with van der Waals surface area (Å²) in [5.41, 5.74) is 0.916. The van der Waals surface area contributed by atoms with Gasteiger partial charge in [-0.3, -0.25) is 4.79 Å². The fraction of sp³-hybridized carbons (Fsp3) is 0.429. The molecular formula is C21H23BrNO4S+. The SMILES string of the molecule is O=C(OCc1ccc(Br)cc1)O[C@H]1C[N+]2(CC(=O)c3cccs3)CCC1CC2. The lowest BCUT2D eigenvalue weighted by molar-refractivity contribution is -0.938. The van der Waals surface area contributed by atoms with Gasteiger partial charge in [0.15, 0.2) is 6.10 Å². The summed E-state index contributed by atoms with van der Waals surface area (Å²) in [6.45, 7) is 3.35. The van der Waals surface area contributed by atoms with E-state index in [1.54, 1.807) is 0 Å². The topological polar surface area (TPSA) is 52.6 Å². The highest BCUT2D eigenvalue weighted by molar-refractivity contribution is 9.10. The standard InChI is InChI=1S/C21H23BrNO4S/c22-17-5-3-15(4-6-17)14-26-21(25)27-19-13-23(9-7-16(19)8-10-23)12-18(24)20-2-1-11-28-20/h1-6,11,16,19H,7-10,12-14H2/q+1/t16?,19-,23?/m0/s1. The van der Waals surface area contributed by atoms with Gasteiger partial charge in [0, 0.05) is 23.2 Å². The minimum atomic E-state index is -0.621. The number of halogens is 1. The molecule has 28 heavy (non-hydrogen) atoms. The van der Waals surface area contributed by atoms with E-state index in [1.807, 2.05) is 41.8 Å². The van der Waals surface area contributed by atoms with Crippen molar-refractivity contribution in [3.8, 4) is 0 Å². The molecule has 2 bridgehead atoms. The van der Waals surface area contributed by atoms with Crippen molar-refractivity contribution in [3.05, 3.63) is 56.7 Å². The number of carbonyl (C=O) groups is 2. The zero-order chi connectivity index (χ0) is 19.6. The molecule has 5 rings (SSSR count). The largest absolute Gasteiger partial charge is 0.509 e. The van der Waals surface area contributed by atoms with E-state index < -0.39 is 6.16 Å². The quantitative estimate of drug-likeness (QED) is 0.354. The molecule has 0 N–H and O–H groups in total. The number of quaternary nitrogens is 1. The lowest BCUT2D eigenvalue weighted by Gasteiger charge is -2.51. The number of hydrogen-bond donors (Lipinski definition) is 0. The molecule has 3 aliphatic heterocycles. The van der Waals surface area contributed by atoms with Crippen LogP contribution in [0.25, 0.3) is 0 Å². The lowest BCUT2D eigenvalue weighted by Crippen LogP contribution is -2.65. The number of thiophene rings is 1. The molecular weight excluding hydrogens is 442 g/mol. The normalized spacial score (nSPS) is 26.0. The first-order valence-corrected chi connectivity index (χ1v) is 11.2. The molecule has 0 amide bonds. The van der Waals surface area contributed by atoms with Gasteiger partial charge in [-0.05, 0) is 29.1 Å². The average Bonchev–Trinajstić information content (AvgIpc) is 3.23. The minimum Gasteiger partial charge on any atom is -0.429 e. The van der Waals surface area contributed by atoms with Crippen molar-refractivity contribution in [3.63, 3.8) is 0 Å². The van der Waals surface area contributed by atoms with Crippen molar-refractivity contribution in [1.29, 1.82) is 0 Å². The molecule has 0 radical (unpaired) electrons. The van der Waals surface area contributed by atoms with Crippen LogP contribution in [0.3, 0.4) is 0 Å². The summed E-state index contributed by atoms with van der Waals surface area (Å²) < 4.78 is 12.7. The molecule has 3 aliphatic rings. The fourth-order valence-corrected chi connectivity index (χ4v) is 5.20. The molecule has 1 aromatic heterocycles. The molecule has 7 heteroatoms. The number of benzene rings is 1. The van der Waals surface area contributed by atoms with E-state index in [-0.39, 0.29) is 18.5 Å². The molecule has 3 fully saturated rings. The van der Waals surface area contributed by atoms with Gasteiger partial charge in [-0.25, -0.2) is 4.79 Å². The van der Waals surface area contributed by atoms with Gasteiger partial charge in [0.25, 0.3) is 0 Å². The molecule has 0 saturated carbocycles. The molecule has 4 heterocycles. The summed E-state index contributed by atoms with van der Waals surface area (Å²) in [5, 5.41) is 1.93. The third kappa shape index (κ3) is 4.47. The Hall–Kier alpha value is -1.70. The van der Waals surface area contributed by atoms with Gasteiger partial charge in [0.1, 0.15) is 19.7 Å². The van der Waals surface area contributed by atoms with Gasteiger partial charge in [0.05, 0.1) is 18.0 Å². The Morgan fingerprint density at radius 3 is 2.57 bits per heavy atom. The summed E-state index contributed by atoms with van der Waals surface area (Å²) in [4.78, 5) is 25.7. The van der Waals surface area contributed by atoms with E-state index in [1.165, 1.54) is 11.3 Å². The summed E-state index contributed by atoms with van der Waals surface area (Å²) >= 11 is 4.88. The van der Waals surface area contributed by atoms with E-state index in [0.717, 1.165) is 45.3 Å². The number of rotatable bonds is 6. The van der Waals surface area contributed by atoms with E-state index in [0.29, 0.717) is 19.0 Å². The molecule has 1 atom stereocenters. The molecule has 0 aliphatic carbocycles. The second kappa shape index (κ2) is 8.35. The Kier molecular flexibility index (Phi) is 5.85. The van der Waals surface area contributed by atoms with Crippen LogP contribution in [0.5, 0.6) is 0 Å². The number of carbonyl (C=O) groups excluding carboxylic acids is 2. The van der Waals surface area contributed by atoms with E-state index in [4.69, 9.17) is 9.47 Å². The number of ketones is 1. The van der Waals surface area contributed by atoms with Gasteiger partial charge in [-0.1, -0.05) is 34.1 Å². The highest BCUT2D eigenvalue weighted by Crippen LogP contribution is 2.36. The van der Waals surface area contributed by atoms with Crippen LogP contribution >= 0.6 is 27.3 Å². The average molecular weight is 465 g/mol. The lowest BCUT2D eigenvalue weighted by atomic mass is 9.83. The summed E-state index contributed by atoms with van der Waals surface area (Å²) in [5.74, 6) is 0.559. The maximum absolute atomic E-state index is 12.6. The Morgan fingerprint density at radius 1 is 1.14 bits per heavy atom. The van der Waals surface area contributed by atoms with Crippen LogP contribution in [-0.2, 0) is 16.1 Å². The predicted octanol–water partition coefficient (Wildman–Crippen LogP) is 4.66. The highest BCUT2D eigenvalue weighted by Gasteiger charge is 2.48. The zero-order valence-corrected chi connectivity index (χ0v) is 17.9. The Balaban J connectivity index is 1.33. The second-order valence-electron chi connectivity index (χ2n) is 7.69. The van der Waals surface area contributed by atoms with Gasteiger partial charge >= 0.3 is 6.16 Å². The van der Waals surface area contributed by atoms with Crippen LogP contribution in [0.2, 0.25) is 0 Å². The molecule has 0 spiro atoms. The number of ether oxygens (including phenoxy) is 2. The first kappa shape index (κ1) is 19.6. The van der Waals surface area contributed by atoms with E-state index in [9.17, 15) is 9.59 Å². The van der Waals surface area contributed by atoms with Gasteiger partial charge in [-0.2, -0.15) is 0 Å². The number of piperidine rings is 3. The Bertz CT molecular complexity index is 829. The zero-order valence-electron chi connectivity index (χ0n) is 15.5. The van der Waals surface area contributed by atoms with Crippen molar-refractivity contribution in [1.82, 2.24) is 0 Å². The van der Waals surface area contributed by atoms with Crippen LogP contribution in [0.4, 0.5) is 4.79 Å². The smallest absolute Gasteiger partial charge is 0.429 e. The molecule has 3 saturated heterocycles.